The Morgan fingerprint density at radius 2 is 2.00 bits per heavy atom. The Morgan fingerprint density at radius 1 is 1.33 bits per heavy atom. The molecule has 5 heteroatoms. The van der Waals surface area contributed by atoms with Gasteiger partial charge in [-0.15, -0.1) is 0 Å². The molecule has 4 nitrogen and oxygen atoms in total. The van der Waals surface area contributed by atoms with Gasteiger partial charge in [-0.25, -0.2) is 4.79 Å². The van der Waals surface area contributed by atoms with Gasteiger partial charge in [0.2, 0.25) is 5.91 Å². The second-order valence-electron chi connectivity index (χ2n) is 6.23. The van der Waals surface area contributed by atoms with E-state index in [2.05, 4.69) is 13.2 Å². The van der Waals surface area contributed by atoms with Crippen molar-refractivity contribution in [3.8, 4) is 0 Å². The molecular formula is C22H24ClNO3. The molecule has 0 saturated heterocycles. The van der Waals surface area contributed by atoms with E-state index in [1.54, 1.807) is 42.3 Å². The molecule has 1 heterocycles. The number of hydrogen-bond donors (Lipinski definition) is 0. The first-order valence-electron chi connectivity index (χ1n) is 8.79. The molecule has 142 valence electrons. The zero-order chi connectivity index (χ0) is 20.0. The van der Waals surface area contributed by atoms with Crippen LogP contribution in [-0.2, 0) is 14.3 Å². The van der Waals surface area contributed by atoms with Crippen LogP contribution in [0.3, 0.4) is 0 Å². The van der Waals surface area contributed by atoms with Crippen molar-refractivity contribution in [3.05, 3.63) is 83.1 Å². The van der Waals surface area contributed by atoms with Crippen LogP contribution < -0.4 is 0 Å². The molecule has 0 aromatic heterocycles. The largest absolute Gasteiger partial charge is 0.457 e. The lowest BCUT2D eigenvalue weighted by Gasteiger charge is -2.33. The van der Waals surface area contributed by atoms with Crippen molar-refractivity contribution >= 4 is 23.5 Å². The molecule has 1 aliphatic rings. The number of ether oxygens (including phenoxy) is 1. The molecular weight excluding hydrogens is 362 g/mol. The highest BCUT2D eigenvalue weighted by Crippen LogP contribution is 2.38. The maximum absolute atomic E-state index is 13.0. The van der Waals surface area contributed by atoms with Gasteiger partial charge < -0.3 is 9.64 Å². The number of benzene rings is 1. The molecule has 1 unspecified atom stereocenters. The first-order valence-corrected chi connectivity index (χ1v) is 9.16. The molecule has 0 fully saturated rings. The quantitative estimate of drug-likeness (QED) is 0.500. The monoisotopic (exact) mass is 385 g/mol. The van der Waals surface area contributed by atoms with Crippen LogP contribution in [0.15, 0.2) is 72.5 Å². The summed E-state index contributed by atoms with van der Waals surface area (Å²) in [5, 5.41) is 0.604. The minimum absolute atomic E-state index is 0.0262. The summed E-state index contributed by atoms with van der Waals surface area (Å²) < 4.78 is 5.53. The predicted octanol–water partition coefficient (Wildman–Crippen LogP) is 4.79. The molecule has 0 N–H and O–H groups in total. The van der Waals surface area contributed by atoms with Crippen molar-refractivity contribution in [2.24, 2.45) is 0 Å². The van der Waals surface area contributed by atoms with E-state index in [0.717, 1.165) is 11.1 Å². The average Bonchev–Trinajstić information content (AvgIpc) is 2.67. The van der Waals surface area contributed by atoms with Crippen molar-refractivity contribution in [2.75, 3.05) is 13.7 Å². The number of hydrogen-bond acceptors (Lipinski definition) is 3. The molecule has 1 aromatic carbocycles. The Kier molecular flexibility index (Phi) is 7.19. The SMILES string of the molecule is C=C/C=C(\C=C)COC(=O)C1=C(CC)N(C)C(=O)CC1c1ccc(Cl)cc1. The van der Waals surface area contributed by atoms with Gasteiger partial charge in [0.25, 0.3) is 0 Å². The summed E-state index contributed by atoms with van der Waals surface area (Å²) in [7, 11) is 1.69. The Morgan fingerprint density at radius 3 is 2.56 bits per heavy atom. The van der Waals surface area contributed by atoms with E-state index in [4.69, 9.17) is 16.3 Å². The fourth-order valence-electron chi connectivity index (χ4n) is 3.17. The van der Waals surface area contributed by atoms with Gasteiger partial charge >= 0.3 is 5.97 Å². The molecule has 1 aliphatic heterocycles. The van der Waals surface area contributed by atoms with Crippen LogP contribution in [0.5, 0.6) is 0 Å². The number of amides is 1. The third-order valence-corrected chi connectivity index (χ3v) is 4.86. The first kappa shape index (κ1) is 20.7. The second kappa shape index (κ2) is 9.38. The molecule has 0 saturated carbocycles. The number of nitrogens with zero attached hydrogens (tertiary/aromatic N) is 1. The van der Waals surface area contributed by atoms with E-state index in [0.29, 0.717) is 22.7 Å². The molecule has 0 aliphatic carbocycles. The van der Waals surface area contributed by atoms with Crippen molar-refractivity contribution < 1.29 is 14.3 Å². The van der Waals surface area contributed by atoms with E-state index >= 15 is 0 Å². The van der Waals surface area contributed by atoms with Crippen LogP contribution in [0.25, 0.3) is 0 Å². The predicted molar refractivity (Wildman–Crippen MR) is 108 cm³/mol. The highest BCUT2D eigenvalue weighted by Gasteiger charge is 2.36. The van der Waals surface area contributed by atoms with Gasteiger partial charge in [-0.2, -0.15) is 0 Å². The number of rotatable bonds is 7. The van der Waals surface area contributed by atoms with Gasteiger partial charge in [0.15, 0.2) is 0 Å². The maximum atomic E-state index is 13.0. The van der Waals surface area contributed by atoms with Crippen LogP contribution in [0.2, 0.25) is 5.02 Å². The lowest BCUT2D eigenvalue weighted by Crippen LogP contribution is -2.36. The van der Waals surface area contributed by atoms with E-state index in [9.17, 15) is 9.59 Å². The number of carbonyl (C=O) groups excluding carboxylic acids is 2. The fourth-order valence-corrected chi connectivity index (χ4v) is 3.29. The topological polar surface area (TPSA) is 46.6 Å². The Balaban J connectivity index is 2.41. The average molecular weight is 386 g/mol. The van der Waals surface area contributed by atoms with Gasteiger partial charge in [-0.3, -0.25) is 4.79 Å². The fraction of sp³-hybridized carbons (Fsp3) is 0.273. The number of allylic oxidation sites excluding steroid dienone is 3. The Bertz CT molecular complexity index is 805. The minimum atomic E-state index is -0.428. The van der Waals surface area contributed by atoms with Crippen LogP contribution in [0, 0.1) is 0 Å². The van der Waals surface area contributed by atoms with E-state index in [1.807, 2.05) is 19.1 Å². The molecule has 0 radical (unpaired) electrons. The van der Waals surface area contributed by atoms with E-state index < -0.39 is 5.97 Å². The smallest absolute Gasteiger partial charge is 0.336 e. The molecule has 2 rings (SSSR count). The van der Waals surface area contributed by atoms with Gasteiger partial charge in [0, 0.05) is 30.1 Å². The molecule has 1 atom stereocenters. The van der Waals surface area contributed by atoms with Crippen LogP contribution >= 0.6 is 11.6 Å². The number of halogens is 1. The van der Waals surface area contributed by atoms with Gasteiger partial charge in [-0.05, 0) is 29.7 Å². The minimum Gasteiger partial charge on any atom is -0.457 e. The highest BCUT2D eigenvalue weighted by molar-refractivity contribution is 6.30. The molecule has 0 spiro atoms. The Labute approximate surface area is 165 Å². The molecule has 27 heavy (non-hydrogen) atoms. The van der Waals surface area contributed by atoms with Gasteiger partial charge in [0.1, 0.15) is 6.61 Å². The summed E-state index contributed by atoms with van der Waals surface area (Å²) in [6.45, 7) is 9.37. The van der Waals surface area contributed by atoms with Crippen molar-refractivity contribution in [1.82, 2.24) is 4.90 Å². The summed E-state index contributed by atoms with van der Waals surface area (Å²) >= 11 is 5.99. The van der Waals surface area contributed by atoms with Crippen LogP contribution in [0.1, 0.15) is 31.2 Å². The Hall–Kier alpha value is -2.59. The number of esters is 1. The van der Waals surface area contributed by atoms with E-state index in [-0.39, 0.29) is 24.9 Å². The van der Waals surface area contributed by atoms with E-state index in [1.165, 1.54) is 0 Å². The third-order valence-electron chi connectivity index (χ3n) is 4.61. The zero-order valence-electron chi connectivity index (χ0n) is 15.7. The summed E-state index contributed by atoms with van der Waals surface area (Å²) in [4.78, 5) is 27.0. The van der Waals surface area contributed by atoms with Gasteiger partial charge in [-0.1, -0.05) is 62.0 Å². The second-order valence-corrected chi connectivity index (χ2v) is 6.67. The third kappa shape index (κ3) is 4.77. The lowest BCUT2D eigenvalue weighted by atomic mass is 9.83. The highest BCUT2D eigenvalue weighted by atomic mass is 35.5. The van der Waals surface area contributed by atoms with Gasteiger partial charge in [0.05, 0.1) is 5.57 Å². The lowest BCUT2D eigenvalue weighted by molar-refractivity contribution is -0.139. The summed E-state index contributed by atoms with van der Waals surface area (Å²) in [5.41, 5.74) is 2.82. The summed E-state index contributed by atoms with van der Waals surface area (Å²) in [6.07, 6.45) is 5.74. The van der Waals surface area contributed by atoms with Crippen molar-refractivity contribution in [1.29, 1.82) is 0 Å². The number of carbonyl (C=O) groups is 2. The first-order chi connectivity index (χ1) is 12.9. The van der Waals surface area contributed by atoms with Crippen LogP contribution in [-0.4, -0.2) is 30.4 Å². The van der Waals surface area contributed by atoms with Crippen molar-refractivity contribution in [3.63, 3.8) is 0 Å². The standard InChI is InChI=1S/C22H24ClNO3/c1-5-8-15(6-2)14-27-22(26)21-18(16-9-11-17(23)12-10-16)13-20(25)24(4)19(21)7-3/h5-6,8-12,18H,1-2,7,13-14H2,3-4H3/b15-8+. The summed E-state index contributed by atoms with van der Waals surface area (Å²) in [5.74, 6) is -0.811. The summed E-state index contributed by atoms with van der Waals surface area (Å²) in [6, 6.07) is 7.21. The maximum Gasteiger partial charge on any atom is 0.336 e. The molecule has 0 bridgehead atoms. The van der Waals surface area contributed by atoms with Crippen molar-refractivity contribution in [2.45, 2.75) is 25.7 Å². The molecule has 1 amide bonds. The zero-order valence-corrected chi connectivity index (χ0v) is 16.5. The molecule has 1 aromatic rings. The van der Waals surface area contributed by atoms with Crippen LogP contribution in [0.4, 0.5) is 0 Å². The normalized spacial score (nSPS) is 17.7.